The van der Waals surface area contributed by atoms with E-state index in [1.807, 2.05) is 37.3 Å². The number of methoxy groups -OCH3 is 1. The molecule has 0 saturated carbocycles. The minimum atomic E-state index is 0.0985. The number of amides is 1. The van der Waals surface area contributed by atoms with E-state index in [9.17, 15) is 4.79 Å². The van der Waals surface area contributed by atoms with Gasteiger partial charge in [-0.1, -0.05) is 18.2 Å². The quantitative estimate of drug-likeness (QED) is 0.772. The first-order valence-electron chi connectivity index (χ1n) is 9.18. The van der Waals surface area contributed by atoms with Crippen molar-refractivity contribution >= 4 is 5.91 Å². The summed E-state index contributed by atoms with van der Waals surface area (Å²) in [4.78, 5) is 19.2. The highest BCUT2D eigenvalue weighted by Crippen LogP contribution is 2.24. The summed E-state index contributed by atoms with van der Waals surface area (Å²) in [5.74, 6) is 1.78. The number of aromatic nitrogens is 1. The second-order valence-electron chi connectivity index (χ2n) is 6.72. The summed E-state index contributed by atoms with van der Waals surface area (Å²) < 4.78 is 10.8. The van der Waals surface area contributed by atoms with E-state index in [1.165, 1.54) is 0 Å². The summed E-state index contributed by atoms with van der Waals surface area (Å²) in [5, 5.41) is 2.94. The Morgan fingerprint density at radius 3 is 2.73 bits per heavy atom. The van der Waals surface area contributed by atoms with Crippen LogP contribution in [-0.2, 0) is 16.1 Å². The maximum absolute atomic E-state index is 12.1. The molecule has 2 aromatic rings. The Labute approximate surface area is 154 Å². The average Bonchev–Trinajstić information content (AvgIpc) is 3.04. The molecule has 0 spiro atoms. The number of carbonyl (C=O) groups excluding carboxylic acids is 1. The monoisotopic (exact) mass is 357 g/mol. The number of ether oxygens (including phenoxy) is 1. The number of carbonyl (C=O) groups is 1. The van der Waals surface area contributed by atoms with Crippen molar-refractivity contribution < 1.29 is 13.9 Å². The van der Waals surface area contributed by atoms with Crippen LogP contribution in [0.15, 0.2) is 34.7 Å². The lowest BCUT2D eigenvalue weighted by Crippen LogP contribution is -2.41. The van der Waals surface area contributed by atoms with Crippen LogP contribution in [0, 0.1) is 12.8 Å². The molecule has 6 heteroatoms. The van der Waals surface area contributed by atoms with Crippen LogP contribution < -0.4 is 5.32 Å². The normalized spacial score (nSPS) is 15.9. The molecule has 1 amide bonds. The van der Waals surface area contributed by atoms with Crippen LogP contribution in [0.2, 0.25) is 0 Å². The van der Waals surface area contributed by atoms with Crippen LogP contribution in [0.5, 0.6) is 0 Å². The van der Waals surface area contributed by atoms with Gasteiger partial charge in [-0.25, -0.2) is 4.98 Å². The number of hydrogen-bond donors (Lipinski definition) is 1. The highest BCUT2D eigenvalue weighted by atomic mass is 16.5. The molecule has 1 aliphatic rings. The number of aryl methyl sites for hydroxylation is 1. The molecule has 26 heavy (non-hydrogen) atoms. The van der Waals surface area contributed by atoms with E-state index in [4.69, 9.17) is 9.15 Å². The van der Waals surface area contributed by atoms with Gasteiger partial charge in [-0.15, -0.1) is 0 Å². The van der Waals surface area contributed by atoms with Crippen LogP contribution in [0.4, 0.5) is 0 Å². The van der Waals surface area contributed by atoms with E-state index in [-0.39, 0.29) is 11.8 Å². The molecule has 0 aliphatic carbocycles. The zero-order valence-corrected chi connectivity index (χ0v) is 15.5. The minimum Gasteiger partial charge on any atom is -0.441 e. The zero-order chi connectivity index (χ0) is 18.4. The van der Waals surface area contributed by atoms with Crippen LogP contribution >= 0.6 is 0 Å². The average molecular weight is 357 g/mol. The van der Waals surface area contributed by atoms with Crippen LogP contribution in [0.1, 0.15) is 24.3 Å². The standard InChI is InChI=1S/C20H27N3O3/c1-15-18(22-20(26-15)17-6-4-3-5-7-17)14-23-11-8-16(9-12-23)19(24)21-10-13-25-2/h3-7,16H,8-14H2,1-2H3,(H,21,24). The maximum atomic E-state index is 12.1. The van der Waals surface area contributed by atoms with Gasteiger partial charge in [-0.05, 0) is 45.0 Å². The summed E-state index contributed by atoms with van der Waals surface area (Å²) >= 11 is 0. The van der Waals surface area contributed by atoms with Crippen molar-refractivity contribution in [2.75, 3.05) is 33.4 Å². The maximum Gasteiger partial charge on any atom is 0.226 e. The van der Waals surface area contributed by atoms with Crippen molar-refractivity contribution in [2.24, 2.45) is 5.92 Å². The van der Waals surface area contributed by atoms with Gasteiger partial charge in [0.1, 0.15) is 5.76 Å². The molecule has 3 rings (SSSR count). The molecule has 2 heterocycles. The van der Waals surface area contributed by atoms with Crippen molar-refractivity contribution in [2.45, 2.75) is 26.3 Å². The predicted molar refractivity (Wildman–Crippen MR) is 99.6 cm³/mol. The Bertz CT molecular complexity index is 706. The topological polar surface area (TPSA) is 67.6 Å². The summed E-state index contributed by atoms with van der Waals surface area (Å²) in [7, 11) is 1.64. The highest BCUT2D eigenvalue weighted by molar-refractivity contribution is 5.78. The molecule has 6 nitrogen and oxygen atoms in total. The van der Waals surface area contributed by atoms with Crippen LogP contribution in [0.25, 0.3) is 11.5 Å². The number of rotatable bonds is 7. The molecule has 0 atom stereocenters. The van der Waals surface area contributed by atoms with Gasteiger partial charge >= 0.3 is 0 Å². The fraction of sp³-hybridized carbons (Fsp3) is 0.500. The van der Waals surface area contributed by atoms with Gasteiger partial charge in [0, 0.05) is 31.7 Å². The first-order valence-corrected chi connectivity index (χ1v) is 9.18. The Kier molecular flexibility index (Phi) is 6.41. The molecule has 1 saturated heterocycles. The minimum absolute atomic E-state index is 0.0985. The molecule has 0 bridgehead atoms. The van der Waals surface area contributed by atoms with Gasteiger partial charge in [-0.2, -0.15) is 0 Å². The SMILES string of the molecule is COCCNC(=O)C1CCN(Cc2nc(-c3ccccc3)oc2C)CC1. The highest BCUT2D eigenvalue weighted by Gasteiger charge is 2.25. The lowest BCUT2D eigenvalue weighted by Gasteiger charge is -2.30. The van der Waals surface area contributed by atoms with E-state index in [2.05, 4.69) is 15.2 Å². The third-order valence-electron chi connectivity index (χ3n) is 4.85. The molecule has 140 valence electrons. The summed E-state index contributed by atoms with van der Waals surface area (Å²) in [6.07, 6.45) is 1.75. The van der Waals surface area contributed by atoms with E-state index < -0.39 is 0 Å². The molecule has 1 N–H and O–H groups in total. The van der Waals surface area contributed by atoms with Crippen molar-refractivity contribution in [3.63, 3.8) is 0 Å². The largest absolute Gasteiger partial charge is 0.441 e. The van der Waals surface area contributed by atoms with E-state index in [0.29, 0.717) is 19.0 Å². The fourth-order valence-electron chi connectivity index (χ4n) is 3.26. The molecule has 1 aromatic carbocycles. The third kappa shape index (κ3) is 4.71. The number of oxazole rings is 1. The van der Waals surface area contributed by atoms with E-state index in [1.54, 1.807) is 7.11 Å². The van der Waals surface area contributed by atoms with E-state index >= 15 is 0 Å². The smallest absolute Gasteiger partial charge is 0.226 e. The fourth-order valence-corrected chi connectivity index (χ4v) is 3.26. The number of nitrogens with zero attached hydrogens (tertiary/aromatic N) is 2. The number of piperidine rings is 1. The van der Waals surface area contributed by atoms with Gasteiger partial charge in [0.2, 0.25) is 11.8 Å². The first kappa shape index (κ1) is 18.6. The molecule has 1 aromatic heterocycles. The van der Waals surface area contributed by atoms with Crippen LogP contribution in [-0.4, -0.2) is 49.1 Å². The predicted octanol–water partition coefficient (Wildman–Crippen LogP) is 2.62. The molecule has 0 unspecified atom stereocenters. The van der Waals surface area contributed by atoms with Crippen LogP contribution in [0.3, 0.4) is 0 Å². The second kappa shape index (κ2) is 8.96. The van der Waals surface area contributed by atoms with Gasteiger partial charge in [0.25, 0.3) is 0 Å². The molecule has 1 aliphatic heterocycles. The zero-order valence-electron chi connectivity index (χ0n) is 15.5. The van der Waals surface area contributed by atoms with Gasteiger partial charge in [-0.3, -0.25) is 9.69 Å². The number of likely N-dealkylation sites (tertiary alicyclic amines) is 1. The second-order valence-corrected chi connectivity index (χ2v) is 6.72. The van der Waals surface area contributed by atoms with Crippen molar-refractivity contribution in [3.8, 4) is 11.5 Å². The molecule has 1 fully saturated rings. The number of hydrogen-bond acceptors (Lipinski definition) is 5. The Balaban J connectivity index is 1.52. The molecule has 0 radical (unpaired) electrons. The summed E-state index contributed by atoms with van der Waals surface area (Å²) in [6.45, 7) is 5.66. The first-order chi connectivity index (χ1) is 12.7. The van der Waals surface area contributed by atoms with Gasteiger partial charge < -0.3 is 14.5 Å². The molecular weight excluding hydrogens is 330 g/mol. The third-order valence-corrected chi connectivity index (χ3v) is 4.85. The number of nitrogens with one attached hydrogen (secondary N) is 1. The lowest BCUT2D eigenvalue weighted by atomic mass is 9.96. The molecular formula is C20H27N3O3. The van der Waals surface area contributed by atoms with Crippen molar-refractivity contribution in [1.82, 2.24) is 15.2 Å². The van der Waals surface area contributed by atoms with Gasteiger partial charge in [0.15, 0.2) is 0 Å². The summed E-state index contributed by atoms with van der Waals surface area (Å²) in [5.41, 5.74) is 1.97. The lowest BCUT2D eigenvalue weighted by molar-refractivity contribution is -0.126. The van der Waals surface area contributed by atoms with E-state index in [0.717, 1.165) is 49.5 Å². The Hall–Kier alpha value is -2.18. The number of benzene rings is 1. The van der Waals surface area contributed by atoms with Gasteiger partial charge in [0.05, 0.1) is 12.3 Å². The summed E-state index contributed by atoms with van der Waals surface area (Å²) in [6, 6.07) is 9.95. The Morgan fingerprint density at radius 1 is 1.31 bits per heavy atom. The Morgan fingerprint density at radius 2 is 2.04 bits per heavy atom. The van der Waals surface area contributed by atoms with Crippen molar-refractivity contribution in [1.29, 1.82) is 0 Å². The van der Waals surface area contributed by atoms with Crippen molar-refractivity contribution in [3.05, 3.63) is 41.8 Å².